The monoisotopic (exact) mass is 385 g/mol. The number of nitrogens with one attached hydrogen (secondary N) is 1. The van der Waals surface area contributed by atoms with Crippen molar-refractivity contribution in [3.63, 3.8) is 0 Å². The predicted octanol–water partition coefficient (Wildman–Crippen LogP) is 4.16. The van der Waals surface area contributed by atoms with Gasteiger partial charge < -0.3 is 15.0 Å². The van der Waals surface area contributed by atoms with Gasteiger partial charge in [0.1, 0.15) is 5.75 Å². The molecule has 1 aromatic carbocycles. The molecule has 156 valence electrons. The van der Waals surface area contributed by atoms with Gasteiger partial charge >= 0.3 is 0 Å². The molecule has 2 unspecified atom stereocenters. The first kappa shape index (κ1) is 20.0. The average Bonchev–Trinajstić information content (AvgIpc) is 2.79. The number of para-hydroxylation sites is 2. The highest BCUT2D eigenvalue weighted by Crippen LogP contribution is 2.34. The SMILES string of the molecule is COc1ccccc1N1CCN(C(CC2CCCCC2)C2CCCNC2)CC1. The van der Waals surface area contributed by atoms with Gasteiger partial charge in [-0.2, -0.15) is 0 Å². The molecule has 2 atom stereocenters. The van der Waals surface area contributed by atoms with E-state index in [1.165, 1.54) is 83.2 Å². The predicted molar refractivity (Wildman–Crippen MR) is 117 cm³/mol. The van der Waals surface area contributed by atoms with Gasteiger partial charge in [-0.25, -0.2) is 0 Å². The third kappa shape index (κ3) is 4.83. The topological polar surface area (TPSA) is 27.7 Å². The smallest absolute Gasteiger partial charge is 0.142 e. The van der Waals surface area contributed by atoms with Crippen LogP contribution in [0.15, 0.2) is 24.3 Å². The Morgan fingerprint density at radius 3 is 2.50 bits per heavy atom. The van der Waals surface area contributed by atoms with Crippen molar-refractivity contribution in [2.75, 3.05) is 51.3 Å². The lowest BCUT2D eigenvalue weighted by Gasteiger charge is -2.45. The Hall–Kier alpha value is -1.26. The van der Waals surface area contributed by atoms with E-state index in [-0.39, 0.29) is 0 Å². The van der Waals surface area contributed by atoms with Crippen molar-refractivity contribution in [2.45, 2.75) is 57.4 Å². The molecule has 0 radical (unpaired) electrons. The highest BCUT2D eigenvalue weighted by atomic mass is 16.5. The number of hydrogen-bond donors (Lipinski definition) is 1. The van der Waals surface area contributed by atoms with Crippen molar-refractivity contribution in [1.29, 1.82) is 0 Å². The number of piperazine rings is 1. The molecule has 1 aliphatic carbocycles. The lowest BCUT2D eigenvalue weighted by molar-refractivity contribution is 0.0885. The lowest BCUT2D eigenvalue weighted by Crippen LogP contribution is -2.55. The fourth-order valence-corrected chi connectivity index (χ4v) is 5.80. The minimum atomic E-state index is 0.774. The van der Waals surface area contributed by atoms with Gasteiger partial charge in [0.15, 0.2) is 0 Å². The molecule has 0 bridgehead atoms. The number of piperidine rings is 1. The molecule has 3 fully saturated rings. The second kappa shape index (κ2) is 9.98. The van der Waals surface area contributed by atoms with Gasteiger partial charge in [-0.1, -0.05) is 44.2 Å². The van der Waals surface area contributed by atoms with Gasteiger partial charge in [-0.3, -0.25) is 4.90 Å². The van der Waals surface area contributed by atoms with Crippen LogP contribution in [0.5, 0.6) is 5.75 Å². The van der Waals surface area contributed by atoms with Crippen molar-refractivity contribution < 1.29 is 4.74 Å². The normalized spacial score (nSPS) is 26.2. The molecule has 2 aliphatic heterocycles. The van der Waals surface area contributed by atoms with Crippen LogP contribution in [-0.4, -0.2) is 57.3 Å². The number of ether oxygens (including phenoxy) is 1. The minimum absolute atomic E-state index is 0.774. The van der Waals surface area contributed by atoms with Crippen molar-refractivity contribution in [1.82, 2.24) is 10.2 Å². The lowest BCUT2D eigenvalue weighted by atomic mass is 9.79. The minimum Gasteiger partial charge on any atom is -0.495 e. The van der Waals surface area contributed by atoms with Crippen LogP contribution in [0.4, 0.5) is 5.69 Å². The van der Waals surface area contributed by atoms with E-state index in [0.717, 1.165) is 36.7 Å². The second-order valence-electron chi connectivity index (χ2n) is 9.11. The maximum absolute atomic E-state index is 5.60. The zero-order chi connectivity index (χ0) is 19.2. The summed E-state index contributed by atoms with van der Waals surface area (Å²) in [5.74, 6) is 2.81. The first-order chi connectivity index (χ1) is 13.8. The van der Waals surface area contributed by atoms with Crippen LogP contribution in [0.25, 0.3) is 0 Å². The molecule has 0 amide bonds. The Balaban J connectivity index is 1.40. The van der Waals surface area contributed by atoms with Crippen molar-refractivity contribution in [3.05, 3.63) is 24.3 Å². The number of benzene rings is 1. The molecule has 1 saturated carbocycles. The third-order valence-electron chi connectivity index (χ3n) is 7.39. The molecule has 3 aliphatic rings. The molecule has 0 aromatic heterocycles. The third-order valence-corrected chi connectivity index (χ3v) is 7.39. The summed E-state index contributed by atoms with van der Waals surface area (Å²) in [6.45, 7) is 7.04. The van der Waals surface area contributed by atoms with Gasteiger partial charge in [0.25, 0.3) is 0 Å². The quantitative estimate of drug-likeness (QED) is 0.796. The number of nitrogens with zero attached hydrogens (tertiary/aromatic N) is 2. The Bertz CT molecular complexity index is 587. The zero-order valence-corrected chi connectivity index (χ0v) is 17.7. The summed E-state index contributed by atoms with van der Waals surface area (Å²) in [7, 11) is 1.78. The maximum atomic E-state index is 5.60. The van der Waals surface area contributed by atoms with Gasteiger partial charge in [0.2, 0.25) is 0 Å². The average molecular weight is 386 g/mol. The molecule has 4 rings (SSSR count). The van der Waals surface area contributed by atoms with Crippen LogP contribution >= 0.6 is 0 Å². The van der Waals surface area contributed by atoms with Gasteiger partial charge in [-0.15, -0.1) is 0 Å². The summed E-state index contributed by atoms with van der Waals surface area (Å²) in [6.07, 6.45) is 11.5. The number of anilines is 1. The maximum Gasteiger partial charge on any atom is 0.142 e. The van der Waals surface area contributed by atoms with E-state index in [9.17, 15) is 0 Å². The summed E-state index contributed by atoms with van der Waals surface area (Å²) < 4.78 is 5.60. The fraction of sp³-hybridized carbons (Fsp3) is 0.750. The van der Waals surface area contributed by atoms with Crippen LogP contribution < -0.4 is 15.0 Å². The summed E-state index contributed by atoms with van der Waals surface area (Å²) in [5.41, 5.74) is 1.26. The largest absolute Gasteiger partial charge is 0.495 e. The van der Waals surface area contributed by atoms with Crippen LogP contribution in [0, 0.1) is 11.8 Å². The standard InChI is InChI=1S/C24H39N3O/c1-28-24-12-6-5-11-22(24)26-14-16-27(17-15-26)23(21-10-7-13-25-19-21)18-20-8-3-2-4-9-20/h5-6,11-12,20-21,23,25H,2-4,7-10,13-19H2,1H3. The zero-order valence-electron chi connectivity index (χ0n) is 17.7. The van der Waals surface area contributed by atoms with E-state index in [1.807, 2.05) is 0 Å². The van der Waals surface area contributed by atoms with E-state index in [1.54, 1.807) is 7.11 Å². The van der Waals surface area contributed by atoms with Crippen LogP contribution in [-0.2, 0) is 0 Å². The molecule has 1 aromatic rings. The molecule has 4 heteroatoms. The Labute approximate surface area is 171 Å². The Morgan fingerprint density at radius 2 is 1.79 bits per heavy atom. The number of rotatable bonds is 6. The van der Waals surface area contributed by atoms with E-state index >= 15 is 0 Å². The first-order valence-corrected chi connectivity index (χ1v) is 11.7. The molecule has 4 nitrogen and oxygen atoms in total. The van der Waals surface area contributed by atoms with Crippen molar-refractivity contribution in [2.24, 2.45) is 11.8 Å². The molecule has 2 heterocycles. The molecule has 2 saturated heterocycles. The molecule has 1 N–H and O–H groups in total. The fourth-order valence-electron chi connectivity index (χ4n) is 5.80. The molecule has 28 heavy (non-hydrogen) atoms. The van der Waals surface area contributed by atoms with Gasteiger partial charge in [-0.05, 0) is 56.3 Å². The van der Waals surface area contributed by atoms with E-state index in [4.69, 9.17) is 4.74 Å². The van der Waals surface area contributed by atoms with Crippen LogP contribution in [0.2, 0.25) is 0 Å². The second-order valence-corrected chi connectivity index (χ2v) is 9.11. The van der Waals surface area contributed by atoms with Crippen LogP contribution in [0.3, 0.4) is 0 Å². The number of hydrogen-bond acceptors (Lipinski definition) is 4. The van der Waals surface area contributed by atoms with E-state index in [0.29, 0.717) is 0 Å². The highest BCUT2D eigenvalue weighted by Gasteiger charge is 2.33. The molecule has 0 spiro atoms. The van der Waals surface area contributed by atoms with Gasteiger partial charge in [0, 0.05) is 32.2 Å². The van der Waals surface area contributed by atoms with Crippen molar-refractivity contribution in [3.8, 4) is 5.75 Å². The van der Waals surface area contributed by atoms with E-state index in [2.05, 4.69) is 39.4 Å². The summed E-state index contributed by atoms with van der Waals surface area (Å²) in [6, 6.07) is 9.26. The summed E-state index contributed by atoms with van der Waals surface area (Å²) >= 11 is 0. The summed E-state index contributed by atoms with van der Waals surface area (Å²) in [4.78, 5) is 5.37. The van der Waals surface area contributed by atoms with Crippen LogP contribution in [0.1, 0.15) is 51.4 Å². The Kier molecular flexibility index (Phi) is 7.14. The van der Waals surface area contributed by atoms with Crippen molar-refractivity contribution >= 4 is 5.69 Å². The molecular formula is C24H39N3O. The Morgan fingerprint density at radius 1 is 1.00 bits per heavy atom. The summed E-state index contributed by atoms with van der Waals surface area (Å²) in [5, 5.41) is 3.69. The molecular weight excluding hydrogens is 346 g/mol. The first-order valence-electron chi connectivity index (χ1n) is 11.7. The van der Waals surface area contributed by atoms with Gasteiger partial charge in [0.05, 0.1) is 12.8 Å². The highest BCUT2D eigenvalue weighted by molar-refractivity contribution is 5.58. The number of methoxy groups -OCH3 is 1. The van der Waals surface area contributed by atoms with E-state index < -0.39 is 0 Å².